The Balaban J connectivity index is 1.71. The Labute approximate surface area is 143 Å². The van der Waals surface area contributed by atoms with Gasteiger partial charge >= 0.3 is 0 Å². The van der Waals surface area contributed by atoms with Gasteiger partial charge in [-0.05, 0) is 49.4 Å². The van der Waals surface area contributed by atoms with E-state index in [9.17, 15) is 14.0 Å². The fraction of sp³-hybridized carbons (Fsp3) is 0.158. The van der Waals surface area contributed by atoms with Crippen LogP contribution >= 0.6 is 0 Å². The van der Waals surface area contributed by atoms with Crippen molar-refractivity contribution in [3.8, 4) is 0 Å². The summed E-state index contributed by atoms with van der Waals surface area (Å²) in [4.78, 5) is 24.5. The van der Waals surface area contributed by atoms with Crippen molar-refractivity contribution < 1.29 is 14.0 Å². The van der Waals surface area contributed by atoms with E-state index in [0.717, 1.165) is 10.9 Å². The van der Waals surface area contributed by atoms with E-state index in [1.54, 1.807) is 12.1 Å². The molecule has 0 saturated carbocycles. The number of amides is 2. The lowest BCUT2D eigenvalue weighted by molar-refractivity contribution is 0.0919. The number of anilines is 1. The van der Waals surface area contributed by atoms with Crippen LogP contribution in [0.4, 0.5) is 10.1 Å². The van der Waals surface area contributed by atoms with Gasteiger partial charge in [0.25, 0.3) is 11.8 Å². The van der Waals surface area contributed by atoms with Gasteiger partial charge in [0.05, 0.1) is 0 Å². The number of carbonyl (C=O) groups is 2. The molecule has 126 valence electrons. The van der Waals surface area contributed by atoms with E-state index < -0.39 is 0 Å². The molecule has 0 fully saturated rings. The van der Waals surface area contributed by atoms with Crippen LogP contribution in [0.15, 0.2) is 48.5 Å². The molecule has 5 nitrogen and oxygen atoms in total. The molecule has 1 aromatic heterocycles. The number of fused-ring (bicyclic) bond motifs is 3. The first-order valence-corrected chi connectivity index (χ1v) is 8.03. The maximum absolute atomic E-state index is 13.0. The summed E-state index contributed by atoms with van der Waals surface area (Å²) < 4.78 is 14.9. The second-order valence-corrected chi connectivity index (χ2v) is 6.19. The zero-order valence-electron chi connectivity index (χ0n) is 13.5. The fourth-order valence-corrected chi connectivity index (χ4v) is 3.17. The fourth-order valence-electron chi connectivity index (χ4n) is 3.17. The Morgan fingerprint density at radius 2 is 1.96 bits per heavy atom. The molecule has 1 unspecified atom stereocenters. The molecular formula is C19H16FN3O2. The number of nitrogens with one attached hydrogen (secondary N) is 2. The van der Waals surface area contributed by atoms with Gasteiger partial charge < -0.3 is 15.2 Å². The minimum Gasteiger partial charge on any atom is -0.349 e. The Hall–Kier alpha value is -3.15. The summed E-state index contributed by atoms with van der Waals surface area (Å²) >= 11 is 0. The molecule has 6 heteroatoms. The lowest BCUT2D eigenvalue weighted by Gasteiger charge is -2.24. The predicted molar refractivity (Wildman–Crippen MR) is 93.3 cm³/mol. The monoisotopic (exact) mass is 337 g/mol. The molecule has 0 spiro atoms. The Morgan fingerprint density at radius 1 is 1.20 bits per heavy atom. The van der Waals surface area contributed by atoms with E-state index in [-0.39, 0.29) is 23.7 Å². The van der Waals surface area contributed by atoms with Crippen molar-refractivity contribution in [1.29, 1.82) is 0 Å². The van der Waals surface area contributed by atoms with Crippen molar-refractivity contribution in [2.75, 3.05) is 11.9 Å². The van der Waals surface area contributed by atoms with Gasteiger partial charge in [0.15, 0.2) is 0 Å². The van der Waals surface area contributed by atoms with Crippen molar-refractivity contribution >= 4 is 28.4 Å². The van der Waals surface area contributed by atoms with Crippen molar-refractivity contribution in [2.45, 2.75) is 13.0 Å². The van der Waals surface area contributed by atoms with E-state index >= 15 is 0 Å². The SMILES string of the molecule is CC1CNC(=O)c2cc3ccc(C(=O)Nc4ccc(F)cc4)cc3n21. The van der Waals surface area contributed by atoms with Crippen molar-refractivity contribution in [3.63, 3.8) is 0 Å². The van der Waals surface area contributed by atoms with Crippen molar-refractivity contribution in [1.82, 2.24) is 9.88 Å². The van der Waals surface area contributed by atoms with Gasteiger partial charge in [-0.2, -0.15) is 0 Å². The highest BCUT2D eigenvalue weighted by Crippen LogP contribution is 2.27. The summed E-state index contributed by atoms with van der Waals surface area (Å²) in [6, 6.07) is 12.9. The zero-order valence-corrected chi connectivity index (χ0v) is 13.5. The van der Waals surface area contributed by atoms with Gasteiger partial charge in [-0.1, -0.05) is 6.07 Å². The number of nitrogens with zero attached hydrogens (tertiary/aromatic N) is 1. The maximum Gasteiger partial charge on any atom is 0.268 e. The minimum absolute atomic E-state index is 0.105. The van der Waals surface area contributed by atoms with Crippen LogP contribution in [0.3, 0.4) is 0 Å². The lowest BCUT2D eigenvalue weighted by Crippen LogP contribution is -2.37. The molecule has 0 aliphatic carbocycles. The average Bonchev–Trinajstić information content (AvgIpc) is 3.00. The van der Waals surface area contributed by atoms with E-state index in [0.29, 0.717) is 23.5 Å². The molecular weight excluding hydrogens is 321 g/mol. The number of aromatic nitrogens is 1. The number of hydrogen-bond acceptors (Lipinski definition) is 2. The second kappa shape index (κ2) is 5.73. The van der Waals surface area contributed by atoms with Crippen LogP contribution in [0.25, 0.3) is 10.9 Å². The first-order valence-electron chi connectivity index (χ1n) is 8.03. The third kappa shape index (κ3) is 2.65. The van der Waals surface area contributed by atoms with Gasteiger partial charge in [-0.25, -0.2) is 4.39 Å². The van der Waals surface area contributed by atoms with Crippen LogP contribution in [0.2, 0.25) is 0 Å². The molecule has 2 N–H and O–H groups in total. The molecule has 1 atom stereocenters. The highest BCUT2D eigenvalue weighted by atomic mass is 19.1. The number of halogens is 1. The molecule has 4 rings (SSSR count). The highest BCUT2D eigenvalue weighted by Gasteiger charge is 2.24. The average molecular weight is 337 g/mol. The Morgan fingerprint density at radius 3 is 2.72 bits per heavy atom. The van der Waals surface area contributed by atoms with E-state index in [1.165, 1.54) is 24.3 Å². The topological polar surface area (TPSA) is 63.1 Å². The smallest absolute Gasteiger partial charge is 0.268 e. The van der Waals surface area contributed by atoms with Gasteiger partial charge in [-0.15, -0.1) is 0 Å². The van der Waals surface area contributed by atoms with E-state index in [2.05, 4.69) is 10.6 Å². The minimum atomic E-state index is -0.355. The van der Waals surface area contributed by atoms with Crippen molar-refractivity contribution in [3.05, 3.63) is 65.6 Å². The summed E-state index contributed by atoms with van der Waals surface area (Å²) in [6.45, 7) is 2.58. The molecule has 25 heavy (non-hydrogen) atoms. The van der Waals surface area contributed by atoms with Crippen LogP contribution in [0, 0.1) is 5.82 Å². The normalized spacial score (nSPS) is 16.4. The highest BCUT2D eigenvalue weighted by molar-refractivity contribution is 6.07. The second-order valence-electron chi connectivity index (χ2n) is 6.19. The maximum atomic E-state index is 13.0. The summed E-state index contributed by atoms with van der Waals surface area (Å²) in [5.74, 6) is -0.741. The summed E-state index contributed by atoms with van der Waals surface area (Å²) in [5, 5.41) is 6.52. The zero-order chi connectivity index (χ0) is 17.6. The van der Waals surface area contributed by atoms with Gasteiger partial charge in [0.2, 0.25) is 0 Å². The van der Waals surface area contributed by atoms with Crippen LogP contribution in [-0.2, 0) is 0 Å². The largest absolute Gasteiger partial charge is 0.349 e. The first kappa shape index (κ1) is 15.4. The van der Waals surface area contributed by atoms with E-state index in [1.807, 2.05) is 23.6 Å². The Bertz CT molecular complexity index is 992. The van der Waals surface area contributed by atoms with Gasteiger partial charge in [0.1, 0.15) is 11.5 Å². The number of hydrogen-bond donors (Lipinski definition) is 2. The molecule has 2 aromatic carbocycles. The van der Waals surface area contributed by atoms with Crippen LogP contribution in [0.1, 0.15) is 33.8 Å². The predicted octanol–water partition coefficient (Wildman–Crippen LogP) is 3.34. The molecule has 0 saturated heterocycles. The number of benzene rings is 2. The van der Waals surface area contributed by atoms with E-state index in [4.69, 9.17) is 0 Å². The van der Waals surface area contributed by atoms with Crippen LogP contribution in [0.5, 0.6) is 0 Å². The molecule has 1 aliphatic heterocycles. The lowest BCUT2D eigenvalue weighted by atomic mass is 10.1. The summed E-state index contributed by atoms with van der Waals surface area (Å²) in [6.07, 6.45) is 0. The summed E-state index contributed by atoms with van der Waals surface area (Å²) in [7, 11) is 0. The van der Waals surface area contributed by atoms with Gasteiger partial charge in [0, 0.05) is 34.7 Å². The molecule has 0 radical (unpaired) electrons. The third-order valence-electron chi connectivity index (χ3n) is 4.44. The van der Waals surface area contributed by atoms with Gasteiger partial charge in [-0.3, -0.25) is 9.59 Å². The molecule has 0 bridgehead atoms. The van der Waals surface area contributed by atoms with Crippen LogP contribution < -0.4 is 10.6 Å². The third-order valence-corrected chi connectivity index (χ3v) is 4.44. The molecule has 2 amide bonds. The van der Waals surface area contributed by atoms with Crippen molar-refractivity contribution in [2.24, 2.45) is 0 Å². The quantitative estimate of drug-likeness (QED) is 0.753. The summed E-state index contributed by atoms with van der Waals surface area (Å²) in [5.41, 5.74) is 2.46. The first-order chi connectivity index (χ1) is 12.0. The number of rotatable bonds is 2. The van der Waals surface area contributed by atoms with Crippen LogP contribution in [-0.4, -0.2) is 22.9 Å². The number of carbonyl (C=O) groups excluding carboxylic acids is 2. The molecule has 3 aromatic rings. The molecule has 2 heterocycles. The Kier molecular flexibility index (Phi) is 3.53. The molecule has 1 aliphatic rings. The standard InChI is InChI=1S/C19H16FN3O2/c1-11-10-21-19(25)17-8-12-2-3-13(9-16(12)23(11)17)18(24)22-15-6-4-14(20)5-7-15/h2-9,11H,10H2,1H3,(H,21,25)(H,22,24).